The molecule has 2 aromatic heterocycles. The predicted octanol–water partition coefficient (Wildman–Crippen LogP) is 3.92. The Kier molecular flexibility index (Phi) is 7.44. The molecule has 7 nitrogen and oxygen atoms in total. The number of rotatable bonds is 8. The van der Waals surface area contributed by atoms with Gasteiger partial charge in [0.1, 0.15) is 0 Å². The van der Waals surface area contributed by atoms with E-state index in [4.69, 9.17) is 4.98 Å². The Morgan fingerprint density at radius 1 is 1.06 bits per heavy atom. The number of fused-ring (bicyclic) bond motifs is 1. The lowest BCUT2D eigenvalue weighted by Gasteiger charge is -2.33. The number of piperidine rings is 1. The molecular formula is C29H35N5O2. The van der Waals surface area contributed by atoms with Crippen molar-refractivity contribution in [1.82, 2.24) is 24.8 Å². The molecule has 1 aromatic carbocycles. The highest BCUT2D eigenvalue weighted by Crippen LogP contribution is 2.32. The van der Waals surface area contributed by atoms with E-state index in [1.54, 1.807) is 12.5 Å². The van der Waals surface area contributed by atoms with E-state index in [1.807, 2.05) is 34.7 Å². The molecular weight excluding hydrogens is 450 g/mol. The molecule has 3 aromatic rings. The van der Waals surface area contributed by atoms with Gasteiger partial charge in [0.15, 0.2) is 0 Å². The summed E-state index contributed by atoms with van der Waals surface area (Å²) in [6.45, 7) is 4.84. The van der Waals surface area contributed by atoms with Crippen molar-refractivity contribution in [3.8, 4) is 0 Å². The number of aromatic nitrogens is 3. The number of benzene rings is 1. The molecule has 0 atom stereocenters. The van der Waals surface area contributed by atoms with Gasteiger partial charge in [-0.1, -0.05) is 24.3 Å². The van der Waals surface area contributed by atoms with Crippen LogP contribution in [-0.2, 0) is 24.2 Å². The van der Waals surface area contributed by atoms with Gasteiger partial charge < -0.3 is 14.8 Å². The zero-order valence-electron chi connectivity index (χ0n) is 21.0. The first kappa shape index (κ1) is 24.2. The molecule has 2 amide bonds. The second kappa shape index (κ2) is 11.1. The van der Waals surface area contributed by atoms with Crippen LogP contribution < -0.4 is 5.32 Å². The molecule has 0 radical (unpaired) electrons. The Hall–Kier alpha value is -3.48. The third-order valence-electron chi connectivity index (χ3n) is 7.58. The summed E-state index contributed by atoms with van der Waals surface area (Å²) in [4.78, 5) is 36.9. The summed E-state index contributed by atoms with van der Waals surface area (Å²) in [5.74, 6) is 0.799. The fourth-order valence-electron chi connectivity index (χ4n) is 5.63. The van der Waals surface area contributed by atoms with Crippen LogP contribution in [0.25, 0.3) is 0 Å². The van der Waals surface area contributed by atoms with Crippen molar-refractivity contribution < 1.29 is 9.59 Å². The maximum atomic E-state index is 13.1. The van der Waals surface area contributed by atoms with Crippen LogP contribution in [0.15, 0.2) is 55.1 Å². The van der Waals surface area contributed by atoms with Gasteiger partial charge >= 0.3 is 0 Å². The topological polar surface area (TPSA) is 80.1 Å². The largest absolute Gasteiger partial charge is 0.352 e. The Balaban J connectivity index is 1.14. The zero-order chi connectivity index (χ0) is 24.9. The van der Waals surface area contributed by atoms with Gasteiger partial charge in [-0.15, -0.1) is 0 Å². The number of amides is 2. The highest BCUT2D eigenvalue weighted by molar-refractivity contribution is 5.95. The van der Waals surface area contributed by atoms with E-state index >= 15 is 0 Å². The molecule has 0 unspecified atom stereocenters. The Labute approximate surface area is 212 Å². The maximum absolute atomic E-state index is 13.1. The first-order valence-corrected chi connectivity index (χ1v) is 13.1. The van der Waals surface area contributed by atoms with E-state index in [0.717, 1.165) is 63.1 Å². The first-order chi connectivity index (χ1) is 17.6. The van der Waals surface area contributed by atoms with Gasteiger partial charge in [-0.3, -0.25) is 14.6 Å². The highest BCUT2D eigenvalue weighted by Gasteiger charge is 2.30. The fraction of sp³-hybridized carbons (Fsp3) is 0.448. The average Bonchev–Trinajstić information content (AvgIpc) is 3.56. The van der Waals surface area contributed by atoms with Crippen molar-refractivity contribution in [3.63, 3.8) is 0 Å². The number of carbonyl (C=O) groups is 2. The minimum atomic E-state index is -0.0672. The number of nitrogens with one attached hydrogen (secondary N) is 1. The first-order valence-electron chi connectivity index (χ1n) is 13.1. The zero-order valence-corrected chi connectivity index (χ0v) is 21.0. The number of nitrogens with zero attached hydrogens (tertiary/aromatic N) is 4. The number of hydrogen-bond acceptors (Lipinski definition) is 4. The van der Waals surface area contributed by atoms with Crippen molar-refractivity contribution in [3.05, 3.63) is 83.2 Å². The second-order valence-corrected chi connectivity index (χ2v) is 10.2. The predicted molar refractivity (Wildman–Crippen MR) is 139 cm³/mol. The summed E-state index contributed by atoms with van der Waals surface area (Å²) in [5, 5.41) is 3.06. The molecule has 0 saturated carbocycles. The van der Waals surface area contributed by atoms with Crippen LogP contribution in [0.3, 0.4) is 0 Å². The summed E-state index contributed by atoms with van der Waals surface area (Å²) in [6.07, 6.45) is 10.6. The SMILES string of the molecule is Cc1ccc(C(=O)NCCCn2ccnc2)c(C2CCN(C(=O)CC3Cc4ccccc4C3)CC2)n1. The number of likely N-dealkylation sites (tertiary alicyclic amines) is 1. The van der Waals surface area contributed by atoms with Crippen molar-refractivity contribution in [1.29, 1.82) is 0 Å². The van der Waals surface area contributed by atoms with Gasteiger partial charge in [-0.05, 0) is 68.2 Å². The monoisotopic (exact) mass is 485 g/mol. The van der Waals surface area contributed by atoms with Crippen LogP contribution in [-0.4, -0.2) is 50.9 Å². The number of carbonyl (C=O) groups excluding carboxylic acids is 2. The van der Waals surface area contributed by atoms with Gasteiger partial charge in [0, 0.05) is 56.6 Å². The van der Waals surface area contributed by atoms with E-state index in [-0.39, 0.29) is 17.7 Å². The molecule has 1 aliphatic carbocycles. The second-order valence-electron chi connectivity index (χ2n) is 10.2. The van der Waals surface area contributed by atoms with Gasteiger partial charge in [0.25, 0.3) is 5.91 Å². The molecule has 5 rings (SSSR count). The van der Waals surface area contributed by atoms with Crippen molar-refractivity contribution >= 4 is 11.8 Å². The van der Waals surface area contributed by atoms with Gasteiger partial charge in [-0.25, -0.2) is 4.98 Å². The molecule has 36 heavy (non-hydrogen) atoms. The molecule has 0 spiro atoms. The van der Waals surface area contributed by atoms with E-state index in [9.17, 15) is 9.59 Å². The summed E-state index contributed by atoms with van der Waals surface area (Å²) >= 11 is 0. The van der Waals surface area contributed by atoms with E-state index in [2.05, 4.69) is 34.6 Å². The lowest BCUT2D eigenvalue weighted by atomic mass is 9.89. The molecule has 188 valence electrons. The smallest absolute Gasteiger partial charge is 0.253 e. The molecule has 3 heterocycles. The van der Waals surface area contributed by atoms with Crippen LogP contribution in [0.2, 0.25) is 0 Å². The lowest BCUT2D eigenvalue weighted by Crippen LogP contribution is -2.39. The summed E-state index contributed by atoms with van der Waals surface area (Å²) in [7, 11) is 0. The van der Waals surface area contributed by atoms with Gasteiger partial charge in [0.05, 0.1) is 17.6 Å². The molecule has 1 fully saturated rings. The lowest BCUT2D eigenvalue weighted by molar-refractivity contribution is -0.133. The van der Waals surface area contributed by atoms with Crippen LogP contribution in [0.5, 0.6) is 0 Å². The van der Waals surface area contributed by atoms with Gasteiger partial charge in [-0.2, -0.15) is 0 Å². The third-order valence-corrected chi connectivity index (χ3v) is 7.58. The number of aryl methyl sites for hydroxylation is 2. The fourth-order valence-corrected chi connectivity index (χ4v) is 5.63. The molecule has 2 aliphatic rings. The maximum Gasteiger partial charge on any atom is 0.253 e. The summed E-state index contributed by atoms with van der Waals surface area (Å²) < 4.78 is 2.01. The Morgan fingerprint density at radius 2 is 1.81 bits per heavy atom. The third kappa shape index (κ3) is 5.66. The molecule has 1 saturated heterocycles. The normalized spacial score (nSPS) is 16.2. The van der Waals surface area contributed by atoms with Crippen LogP contribution in [0.4, 0.5) is 0 Å². The van der Waals surface area contributed by atoms with Crippen LogP contribution in [0, 0.1) is 12.8 Å². The quantitative estimate of drug-likeness (QED) is 0.491. The summed E-state index contributed by atoms with van der Waals surface area (Å²) in [6, 6.07) is 12.4. The Morgan fingerprint density at radius 3 is 2.50 bits per heavy atom. The number of hydrogen-bond donors (Lipinski definition) is 1. The minimum Gasteiger partial charge on any atom is -0.352 e. The molecule has 1 aliphatic heterocycles. The van der Waals surface area contributed by atoms with Crippen LogP contribution in [0.1, 0.15) is 64.5 Å². The van der Waals surface area contributed by atoms with Crippen LogP contribution >= 0.6 is 0 Å². The van der Waals surface area contributed by atoms with Crippen molar-refractivity contribution in [2.45, 2.75) is 57.9 Å². The Bertz CT molecular complexity index is 1170. The number of pyridine rings is 1. The van der Waals surface area contributed by atoms with Crippen molar-refractivity contribution in [2.24, 2.45) is 5.92 Å². The van der Waals surface area contributed by atoms with Gasteiger partial charge in [0.2, 0.25) is 5.91 Å². The van der Waals surface area contributed by atoms with E-state index in [0.29, 0.717) is 24.4 Å². The van der Waals surface area contributed by atoms with E-state index < -0.39 is 0 Å². The standard InChI is InChI=1S/C29H35N5O2/c1-21-7-8-26(29(36)31-11-4-13-33-16-12-30-20-33)28(32-21)23-9-14-34(15-10-23)27(35)19-22-17-24-5-2-3-6-25(24)18-22/h2-3,5-8,12,16,20,22-23H,4,9-11,13-15,17-19H2,1H3,(H,31,36). The molecule has 1 N–H and O–H groups in total. The molecule has 7 heteroatoms. The van der Waals surface area contributed by atoms with E-state index in [1.165, 1.54) is 11.1 Å². The minimum absolute atomic E-state index is 0.0672. The highest BCUT2D eigenvalue weighted by atomic mass is 16.2. The van der Waals surface area contributed by atoms with Crippen molar-refractivity contribution in [2.75, 3.05) is 19.6 Å². The summed E-state index contributed by atoms with van der Waals surface area (Å²) in [5.41, 5.74) is 5.25. The average molecular weight is 486 g/mol. The molecule has 0 bridgehead atoms. The number of imidazole rings is 1.